The van der Waals surface area contributed by atoms with Gasteiger partial charge in [-0.2, -0.15) is 0 Å². The molecule has 0 bridgehead atoms. The van der Waals surface area contributed by atoms with Crippen LogP contribution in [0, 0.1) is 0 Å². The summed E-state index contributed by atoms with van der Waals surface area (Å²) in [7, 11) is 3.26. The van der Waals surface area contributed by atoms with Gasteiger partial charge in [0.15, 0.2) is 11.5 Å². The first-order valence-corrected chi connectivity index (χ1v) is 13.6. The Morgan fingerprint density at radius 2 is 1.86 bits per heavy atom. The Labute approximate surface area is 218 Å². The molecule has 1 aliphatic rings. The van der Waals surface area contributed by atoms with Gasteiger partial charge < -0.3 is 14.2 Å². The molecule has 36 heavy (non-hydrogen) atoms. The summed E-state index contributed by atoms with van der Waals surface area (Å²) < 4.78 is 16.8. The van der Waals surface area contributed by atoms with Crippen LogP contribution in [0.5, 0.6) is 11.5 Å². The average Bonchev–Trinajstić information content (AvgIpc) is 3.27. The van der Waals surface area contributed by atoms with E-state index in [0.29, 0.717) is 30.2 Å². The number of carbonyl (C=O) groups excluding carboxylic acids is 1. The van der Waals surface area contributed by atoms with E-state index in [1.165, 1.54) is 10.4 Å². The number of aromatic nitrogens is 1. The molecule has 7 nitrogen and oxygen atoms in total. The fourth-order valence-corrected chi connectivity index (χ4v) is 6.26. The van der Waals surface area contributed by atoms with Crippen molar-refractivity contribution in [2.75, 3.05) is 47.0 Å². The zero-order chi connectivity index (χ0) is 25.8. The van der Waals surface area contributed by atoms with E-state index < -0.39 is 0 Å². The maximum absolute atomic E-state index is 13.6. The van der Waals surface area contributed by atoms with E-state index in [-0.39, 0.29) is 5.97 Å². The first-order chi connectivity index (χ1) is 17.5. The minimum Gasteiger partial charge on any atom is -0.493 e. The van der Waals surface area contributed by atoms with E-state index in [2.05, 4.69) is 30.6 Å². The van der Waals surface area contributed by atoms with Crippen LogP contribution in [0.25, 0.3) is 21.3 Å². The van der Waals surface area contributed by atoms with Gasteiger partial charge in [0.2, 0.25) is 0 Å². The van der Waals surface area contributed by atoms with Crippen LogP contribution in [0.1, 0.15) is 54.2 Å². The quantitative estimate of drug-likeness (QED) is 0.339. The summed E-state index contributed by atoms with van der Waals surface area (Å²) in [6.45, 7) is 13.9. The highest BCUT2D eigenvalue weighted by atomic mass is 32.1. The molecule has 0 spiro atoms. The zero-order valence-corrected chi connectivity index (χ0v) is 23.1. The number of ether oxygens (including phenoxy) is 3. The van der Waals surface area contributed by atoms with Crippen molar-refractivity contribution in [1.29, 1.82) is 0 Å². The third-order valence-electron chi connectivity index (χ3n) is 7.01. The van der Waals surface area contributed by atoms with Gasteiger partial charge in [-0.3, -0.25) is 9.80 Å². The van der Waals surface area contributed by atoms with Gasteiger partial charge in [0.25, 0.3) is 0 Å². The number of pyridine rings is 1. The minimum atomic E-state index is -0.329. The summed E-state index contributed by atoms with van der Waals surface area (Å²) in [5.74, 6) is 0.949. The normalized spacial score (nSPS) is 13.8. The highest BCUT2D eigenvalue weighted by Crippen LogP contribution is 2.44. The molecule has 0 radical (unpaired) electrons. The molecular formula is C28H37N3O4S. The molecule has 8 heteroatoms. The maximum Gasteiger partial charge on any atom is 0.340 e. The molecule has 0 saturated carbocycles. The predicted molar refractivity (Wildman–Crippen MR) is 145 cm³/mol. The first-order valence-electron chi connectivity index (χ1n) is 12.8. The zero-order valence-electron chi connectivity index (χ0n) is 22.3. The SMILES string of the molecule is CCOC(=O)c1c(CN(CC)CC)nc2sc3c(c2c1-c1ccc(OC)c(OC)c1)CCN(CC)C3. The number of likely N-dealkylation sites (N-methyl/N-ethyl adjacent to an activating group) is 1. The number of benzene rings is 1. The molecule has 0 saturated heterocycles. The average molecular weight is 512 g/mol. The molecule has 0 aliphatic carbocycles. The molecule has 0 unspecified atom stereocenters. The minimum absolute atomic E-state index is 0.306. The van der Waals surface area contributed by atoms with Crippen LogP contribution in [0.15, 0.2) is 18.2 Å². The van der Waals surface area contributed by atoms with Crippen LogP contribution in [0.2, 0.25) is 0 Å². The van der Waals surface area contributed by atoms with E-state index in [0.717, 1.165) is 66.2 Å². The summed E-state index contributed by atoms with van der Waals surface area (Å²) >= 11 is 1.76. The van der Waals surface area contributed by atoms with Gasteiger partial charge >= 0.3 is 5.97 Å². The summed E-state index contributed by atoms with van der Waals surface area (Å²) in [6, 6.07) is 5.87. The standard InChI is InChI=1S/C28H37N3O4S/c1-7-30(8-2)16-20-26(28(32)35-10-4)24(18-11-12-21(33-5)22(15-18)34-6)25-19-13-14-31(9-3)17-23(19)36-27(25)29-20/h11-12,15H,7-10,13-14,16-17H2,1-6H3. The second-order valence-electron chi connectivity index (χ2n) is 8.86. The third kappa shape index (κ3) is 4.94. The van der Waals surface area contributed by atoms with Crippen molar-refractivity contribution in [1.82, 2.24) is 14.8 Å². The molecule has 1 aromatic carbocycles. The van der Waals surface area contributed by atoms with Crippen molar-refractivity contribution >= 4 is 27.5 Å². The summed E-state index contributed by atoms with van der Waals surface area (Å²) in [5.41, 5.74) is 4.42. The largest absolute Gasteiger partial charge is 0.493 e. The lowest BCUT2D eigenvalue weighted by molar-refractivity contribution is 0.0524. The van der Waals surface area contributed by atoms with Gasteiger partial charge in [0.05, 0.1) is 32.1 Å². The van der Waals surface area contributed by atoms with Crippen molar-refractivity contribution in [2.45, 2.75) is 47.2 Å². The Morgan fingerprint density at radius 1 is 1.11 bits per heavy atom. The van der Waals surface area contributed by atoms with Gasteiger partial charge in [-0.15, -0.1) is 11.3 Å². The summed E-state index contributed by atoms with van der Waals surface area (Å²) in [4.78, 5) is 25.8. The van der Waals surface area contributed by atoms with Crippen molar-refractivity contribution in [3.63, 3.8) is 0 Å². The second kappa shape index (κ2) is 11.6. The van der Waals surface area contributed by atoms with E-state index in [9.17, 15) is 4.79 Å². The number of fused-ring (bicyclic) bond motifs is 3. The van der Waals surface area contributed by atoms with Gasteiger partial charge in [-0.1, -0.05) is 26.8 Å². The topological polar surface area (TPSA) is 64.1 Å². The molecule has 3 heterocycles. The Morgan fingerprint density at radius 3 is 2.50 bits per heavy atom. The van der Waals surface area contributed by atoms with Gasteiger partial charge in [0.1, 0.15) is 4.83 Å². The molecular weight excluding hydrogens is 474 g/mol. The smallest absolute Gasteiger partial charge is 0.340 e. The van der Waals surface area contributed by atoms with Crippen LogP contribution in [0.3, 0.4) is 0 Å². The van der Waals surface area contributed by atoms with Crippen LogP contribution in [-0.4, -0.2) is 67.8 Å². The number of esters is 1. The van der Waals surface area contributed by atoms with Crippen molar-refractivity contribution in [3.8, 4) is 22.6 Å². The van der Waals surface area contributed by atoms with Crippen molar-refractivity contribution in [3.05, 3.63) is 39.9 Å². The fraction of sp³-hybridized carbons (Fsp3) is 0.500. The van der Waals surface area contributed by atoms with Crippen molar-refractivity contribution in [2.24, 2.45) is 0 Å². The molecule has 4 rings (SSSR count). The molecule has 0 atom stereocenters. The van der Waals surface area contributed by atoms with Crippen LogP contribution < -0.4 is 9.47 Å². The van der Waals surface area contributed by atoms with Gasteiger partial charge in [-0.25, -0.2) is 9.78 Å². The van der Waals surface area contributed by atoms with E-state index in [1.807, 2.05) is 25.1 Å². The molecule has 0 N–H and O–H groups in total. The number of thiophene rings is 1. The fourth-order valence-electron chi connectivity index (χ4n) is 4.97. The number of nitrogens with zero attached hydrogens (tertiary/aromatic N) is 3. The lowest BCUT2D eigenvalue weighted by Gasteiger charge is -2.26. The Balaban J connectivity index is 2.07. The number of hydrogen-bond donors (Lipinski definition) is 0. The molecule has 1 aliphatic heterocycles. The summed E-state index contributed by atoms with van der Waals surface area (Å²) in [5, 5.41) is 1.07. The van der Waals surface area contributed by atoms with Crippen LogP contribution >= 0.6 is 11.3 Å². The molecule has 0 fully saturated rings. The van der Waals surface area contributed by atoms with E-state index in [1.54, 1.807) is 25.6 Å². The van der Waals surface area contributed by atoms with E-state index in [4.69, 9.17) is 19.2 Å². The molecule has 2 aromatic heterocycles. The van der Waals surface area contributed by atoms with Crippen LogP contribution in [0.4, 0.5) is 0 Å². The second-order valence-corrected chi connectivity index (χ2v) is 9.95. The maximum atomic E-state index is 13.6. The van der Waals surface area contributed by atoms with Crippen molar-refractivity contribution < 1.29 is 19.0 Å². The molecule has 194 valence electrons. The monoisotopic (exact) mass is 511 g/mol. The highest BCUT2D eigenvalue weighted by Gasteiger charge is 2.30. The number of hydrogen-bond acceptors (Lipinski definition) is 8. The number of carbonyl (C=O) groups is 1. The summed E-state index contributed by atoms with van der Waals surface area (Å²) in [6.07, 6.45) is 0.933. The predicted octanol–water partition coefficient (Wildman–Crippen LogP) is 5.38. The van der Waals surface area contributed by atoms with Gasteiger partial charge in [-0.05, 0) is 56.2 Å². The molecule has 3 aromatic rings. The Hall–Kier alpha value is -2.68. The Bertz CT molecular complexity index is 1240. The van der Waals surface area contributed by atoms with E-state index >= 15 is 0 Å². The van der Waals surface area contributed by atoms with Gasteiger partial charge in [0, 0.05) is 35.5 Å². The van der Waals surface area contributed by atoms with Crippen LogP contribution in [-0.2, 0) is 24.2 Å². The number of rotatable bonds is 10. The highest BCUT2D eigenvalue weighted by molar-refractivity contribution is 7.19. The first kappa shape index (κ1) is 26.4. The third-order valence-corrected chi connectivity index (χ3v) is 8.12. The lowest BCUT2D eigenvalue weighted by Crippen LogP contribution is -2.29. The number of methoxy groups -OCH3 is 2. The molecule has 0 amide bonds. The Kier molecular flexibility index (Phi) is 8.49. The lowest BCUT2D eigenvalue weighted by atomic mass is 9.91.